The van der Waals surface area contributed by atoms with Gasteiger partial charge in [0.05, 0.1) is 0 Å². The summed E-state index contributed by atoms with van der Waals surface area (Å²) in [5.74, 6) is 1.58. The molecule has 2 nitrogen and oxygen atoms in total. The molecule has 1 fully saturated rings. The highest BCUT2D eigenvalue weighted by Gasteiger charge is 2.27. The summed E-state index contributed by atoms with van der Waals surface area (Å²) >= 11 is 0. The van der Waals surface area contributed by atoms with Crippen LogP contribution < -0.4 is 5.32 Å². The third kappa shape index (κ3) is 2.94. The zero-order valence-corrected chi connectivity index (χ0v) is 8.21. The SMILES string of the molecule is C=NCC1CC(NCC(C)C)C1. The van der Waals surface area contributed by atoms with Crippen LogP contribution in [0.3, 0.4) is 0 Å². The highest BCUT2D eigenvalue weighted by Crippen LogP contribution is 2.27. The predicted octanol–water partition coefficient (Wildman–Crippen LogP) is 1.71. The quantitative estimate of drug-likeness (QED) is 0.621. The van der Waals surface area contributed by atoms with E-state index in [0.29, 0.717) is 0 Å². The van der Waals surface area contributed by atoms with E-state index in [4.69, 9.17) is 0 Å². The molecule has 70 valence electrons. The van der Waals surface area contributed by atoms with Crippen LogP contribution in [0.25, 0.3) is 0 Å². The Hall–Kier alpha value is -0.370. The Balaban J connectivity index is 1.98. The van der Waals surface area contributed by atoms with Crippen LogP contribution in [0.1, 0.15) is 26.7 Å². The molecule has 1 N–H and O–H groups in total. The Morgan fingerprint density at radius 1 is 1.50 bits per heavy atom. The van der Waals surface area contributed by atoms with E-state index < -0.39 is 0 Å². The minimum atomic E-state index is 0.763. The molecule has 1 rings (SSSR count). The number of aliphatic imine (C=N–C) groups is 1. The van der Waals surface area contributed by atoms with Gasteiger partial charge in [0.15, 0.2) is 0 Å². The first-order chi connectivity index (χ1) is 5.72. The van der Waals surface area contributed by atoms with Crippen molar-refractivity contribution in [2.24, 2.45) is 16.8 Å². The highest BCUT2D eigenvalue weighted by atomic mass is 14.9. The van der Waals surface area contributed by atoms with E-state index in [9.17, 15) is 0 Å². The second-order valence-corrected chi connectivity index (χ2v) is 4.24. The predicted molar refractivity (Wildman–Crippen MR) is 53.8 cm³/mol. The summed E-state index contributed by atoms with van der Waals surface area (Å²) < 4.78 is 0. The van der Waals surface area contributed by atoms with Gasteiger partial charge in [-0.05, 0) is 37.9 Å². The molecule has 0 amide bonds. The second kappa shape index (κ2) is 4.61. The maximum absolute atomic E-state index is 3.91. The second-order valence-electron chi connectivity index (χ2n) is 4.24. The van der Waals surface area contributed by atoms with Crippen molar-refractivity contribution < 1.29 is 0 Å². The molecule has 0 bridgehead atoms. The smallest absolute Gasteiger partial charge is 0.0411 e. The number of nitrogens with zero attached hydrogens (tertiary/aromatic N) is 1. The molecule has 0 aliphatic heterocycles. The fraction of sp³-hybridized carbons (Fsp3) is 0.900. The summed E-state index contributed by atoms with van der Waals surface area (Å²) in [6.45, 7) is 10.1. The third-order valence-electron chi connectivity index (χ3n) is 2.44. The lowest BCUT2D eigenvalue weighted by molar-refractivity contribution is 0.224. The van der Waals surface area contributed by atoms with E-state index in [0.717, 1.165) is 31.0 Å². The van der Waals surface area contributed by atoms with Gasteiger partial charge >= 0.3 is 0 Å². The molecule has 0 aromatic rings. The summed E-state index contributed by atoms with van der Waals surface area (Å²) in [6.07, 6.45) is 2.59. The maximum atomic E-state index is 3.91. The molecular weight excluding hydrogens is 148 g/mol. The Morgan fingerprint density at radius 3 is 2.67 bits per heavy atom. The molecule has 0 atom stereocenters. The van der Waals surface area contributed by atoms with Crippen LogP contribution in [0, 0.1) is 11.8 Å². The first kappa shape index (κ1) is 9.72. The van der Waals surface area contributed by atoms with E-state index in [1.54, 1.807) is 0 Å². The highest BCUT2D eigenvalue weighted by molar-refractivity contribution is 5.23. The number of hydrogen-bond acceptors (Lipinski definition) is 2. The van der Waals surface area contributed by atoms with Crippen molar-refractivity contribution in [3.05, 3.63) is 0 Å². The van der Waals surface area contributed by atoms with Gasteiger partial charge < -0.3 is 10.3 Å². The molecule has 1 aliphatic carbocycles. The van der Waals surface area contributed by atoms with Gasteiger partial charge in [0.2, 0.25) is 0 Å². The maximum Gasteiger partial charge on any atom is 0.0411 e. The van der Waals surface area contributed by atoms with Gasteiger partial charge in [-0.2, -0.15) is 0 Å². The van der Waals surface area contributed by atoms with E-state index in [1.807, 2.05) is 0 Å². The molecule has 2 heteroatoms. The van der Waals surface area contributed by atoms with Gasteiger partial charge in [0.25, 0.3) is 0 Å². The summed E-state index contributed by atoms with van der Waals surface area (Å²) in [6, 6.07) is 0.763. The fourth-order valence-corrected chi connectivity index (χ4v) is 1.64. The van der Waals surface area contributed by atoms with Crippen LogP contribution in [0.4, 0.5) is 0 Å². The Bertz CT molecular complexity index is 137. The number of rotatable bonds is 5. The van der Waals surface area contributed by atoms with Crippen molar-refractivity contribution in [2.75, 3.05) is 13.1 Å². The van der Waals surface area contributed by atoms with Crippen LogP contribution in [-0.4, -0.2) is 25.8 Å². The topological polar surface area (TPSA) is 24.4 Å². The molecule has 12 heavy (non-hydrogen) atoms. The Labute approximate surface area is 75.5 Å². The summed E-state index contributed by atoms with van der Waals surface area (Å²) in [7, 11) is 0. The molecule has 0 saturated heterocycles. The van der Waals surface area contributed by atoms with Crippen LogP contribution in [0.2, 0.25) is 0 Å². The van der Waals surface area contributed by atoms with Crippen molar-refractivity contribution in [1.82, 2.24) is 5.32 Å². The molecule has 0 aromatic heterocycles. The first-order valence-electron chi connectivity index (χ1n) is 4.88. The van der Waals surface area contributed by atoms with Gasteiger partial charge in [-0.25, -0.2) is 0 Å². The molecule has 0 radical (unpaired) electrons. The van der Waals surface area contributed by atoms with Crippen molar-refractivity contribution >= 4 is 6.72 Å². The monoisotopic (exact) mass is 168 g/mol. The Kier molecular flexibility index (Phi) is 3.73. The fourth-order valence-electron chi connectivity index (χ4n) is 1.64. The van der Waals surface area contributed by atoms with Gasteiger partial charge in [-0.15, -0.1) is 0 Å². The molecule has 0 spiro atoms. The van der Waals surface area contributed by atoms with Crippen molar-refractivity contribution in [2.45, 2.75) is 32.7 Å². The first-order valence-corrected chi connectivity index (χ1v) is 4.88. The lowest BCUT2D eigenvalue weighted by atomic mass is 9.80. The normalized spacial score (nSPS) is 28.6. The van der Waals surface area contributed by atoms with Crippen LogP contribution >= 0.6 is 0 Å². The lowest BCUT2D eigenvalue weighted by Crippen LogP contribution is -2.43. The van der Waals surface area contributed by atoms with Gasteiger partial charge in [0, 0.05) is 12.6 Å². The largest absolute Gasteiger partial charge is 0.314 e. The number of nitrogens with one attached hydrogen (secondary N) is 1. The zero-order valence-electron chi connectivity index (χ0n) is 8.21. The zero-order chi connectivity index (χ0) is 8.97. The van der Waals surface area contributed by atoms with Crippen LogP contribution in [-0.2, 0) is 0 Å². The Morgan fingerprint density at radius 2 is 2.17 bits per heavy atom. The summed E-state index contributed by atoms with van der Waals surface area (Å²) in [4.78, 5) is 3.91. The van der Waals surface area contributed by atoms with Crippen LogP contribution in [0.5, 0.6) is 0 Å². The molecule has 0 heterocycles. The number of hydrogen-bond donors (Lipinski definition) is 1. The minimum absolute atomic E-state index is 0.763. The molecule has 1 aliphatic rings. The molecule has 0 unspecified atom stereocenters. The van der Waals surface area contributed by atoms with Crippen molar-refractivity contribution in [3.63, 3.8) is 0 Å². The van der Waals surface area contributed by atoms with Crippen molar-refractivity contribution in [3.8, 4) is 0 Å². The standard InChI is InChI=1S/C10H20N2/c1-8(2)6-12-10-4-9(5-10)7-11-3/h8-10,12H,3-7H2,1-2H3. The van der Waals surface area contributed by atoms with Gasteiger partial charge in [-0.1, -0.05) is 13.8 Å². The van der Waals surface area contributed by atoms with Gasteiger partial charge in [0.1, 0.15) is 0 Å². The molecule has 0 aromatic carbocycles. The average molecular weight is 168 g/mol. The van der Waals surface area contributed by atoms with E-state index in [2.05, 4.69) is 30.9 Å². The average Bonchev–Trinajstić information content (AvgIpc) is 1.93. The molecular formula is C10H20N2. The lowest BCUT2D eigenvalue weighted by Gasteiger charge is -2.35. The van der Waals surface area contributed by atoms with Gasteiger partial charge in [-0.3, -0.25) is 0 Å². The van der Waals surface area contributed by atoms with Crippen LogP contribution in [0.15, 0.2) is 4.99 Å². The summed E-state index contributed by atoms with van der Waals surface area (Å²) in [5, 5.41) is 3.54. The van der Waals surface area contributed by atoms with E-state index in [-0.39, 0.29) is 0 Å². The van der Waals surface area contributed by atoms with Crippen molar-refractivity contribution in [1.29, 1.82) is 0 Å². The minimum Gasteiger partial charge on any atom is -0.314 e. The summed E-state index contributed by atoms with van der Waals surface area (Å²) in [5.41, 5.74) is 0. The molecule has 1 saturated carbocycles. The third-order valence-corrected chi connectivity index (χ3v) is 2.44. The van der Waals surface area contributed by atoms with E-state index in [1.165, 1.54) is 12.8 Å². The van der Waals surface area contributed by atoms with E-state index >= 15 is 0 Å².